The third-order valence-electron chi connectivity index (χ3n) is 2.85. The van der Waals surface area contributed by atoms with Gasteiger partial charge in [0.2, 0.25) is 0 Å². The summed E-state index contributed by atoms with van der Waals surface area (Å²) in [5, 5.41) is 35.8. The summed E-state index contributed by atoms with van der Waals surface area (Å²) in [6, 6.07) is 0. The Morgan fingerprint density at radius 3 is 2.00 bits per heavy atom. The molecule has 0 aliphatic heterocycles. The quantitative estimate of drug-likeness (QED) is 0.401. The zero-order valence-corrected chi connectivity index (χ0v) is 9.22. The number of carboxylic acids is 1. The van der Waals surface area contributed by atoms with Crippen LogP contribution in [-0.4, -0.2) is 52.0 Å². The van der Waals surface area contributed by atoms with Crippen molar-refractivity contribution in [3.05, 3.63) is 0 Å². The van der Waals surface area contributed by atoms with E-state index in [0.717, 1.165) is 0 Å². The van der Waals surface area contributed by atoms with Gasteiger partial charge in [0.05, 0.1) is 13.2 Å². The number of aliphatic hydroxyl groups excluding tert-OH is 3. The molecular formula is C10H18O6. The Hall–Kier alpha value is -0.980. The molecule has 0 aromatic carbocycles. The smallest absolute Gasteiger partial charge is 0.310 e. The van der Waals surface area contributed by atoms with Gasteiger partial charge in [0, 0.05) is 18.4 Å². The van der Waals surface area contributed by atoms with Crippen LogP contribution < -0.4 is 0 Å². The number of rotatable bonds is 8. The Balaban J connectivity index is 4.66. The first-order chi connectivity index (χ1) is 7.41. The highest BCUT2D eigenvalue weighted by atomic mass is 16.4. The summed E-state index contributed by atoms with van der Waals surface area (Å²) >= 11 is 0. The van der Waals surface area contributed by atoms with Gasteiger partial charge >= 0.3 is 5.97 Å². The molecule has 0 aromatic heterocycles. The van der Waals surface area contributed by atoms with Crippen LogP contribution in [-0.2, 0) is 9.59 Å². The largest absolute Gasteiger partial charge is 0.481 e. The summed E-state index contributed by atoms with van der Waals surface area (Å²) in [4.78, 5) is 21.6. The minimum absolute atomic E-state index is 0.256. The molecule has 6 heteroatoms. The summed E-state index contributed by atoms with van der Waals surface area (Å²) in [7, 11) is 0. The lowest BCUT2D eigenvalue weighted by Crippen LogP contribution is -2.40. The fraction of sp³-hybridized carbons (Fsp3) is 0.800. The van der Waals surface area contributed by atoms with E-state index >= 15 is 0 Å². The average molecular weight is 234 g/mol. The third-order valence-corrected chi connectivity index (χ3v) is 2.85. The van der Waals surface area contributed by atoms with Crippen LogP contribution in [0.4, 0.5) is 0 Å². The Bertz CT molecular complexity index is 246. The monoisotopic (exact) mass is 234 g/mol. The van der Waals surface area contributed by atoms with Crippen molar-refractivity contribution in [2.75, 3.05) is 19.8 Å². The van der Waals surface area contributed by atoms with Gasteiger partial charge in [-0.2, -0.15) is 0 Å². The highest BCUT2D eigenvalue weighted by Crippen LogP contribution is 2.31. The van der Waals surface area contributed by atoms with Crippen LogP contribution in [0.5, 0.6) is 0 Å². The number of ketones is 1. The van der Waals surface area contributed by atoms with Gasteiger partial charge in [-0.1, -0.05) is 6.92 Å². The lowest BCUT2D eigenvalue weighted by atomic mass is 9.74. The fourth-order valence-electron chi connectivity index (χ4n) is 1.47. The van der Waals surface area contributed by atoms with E-state index < -0.39 is 42.7 Å². The normalized spacial score (nSPS) is 13.5. The highest BCUT2D eigenvalue weighted by Gasteiger charge is 2.37. The lowest BCUT2D eigenvalue weighted by molar-refractivity contribution is -0.141. The Labute approximate surface area is 93.5 Å². The minimum Gasteiger partial charge on any atom is -0.481 e. The first-order valence-corrected chi connectivity index (χ1v) is 4.98. The molecule has 0 saturated carbocycles. The van der Waals surface area contributed by atoms with Gasteiger partial charge in [-0.25, -0.2) is 0 Å². The first kappa shape index (κ1) is 15.0. The van der Waals surface area contributed by atoms with Crippen LogP contribution in [0.25, 0.3) is 0 Å². The molecule has 1 unspecified atom stereocenters. The molecule has 4 N–H and O–H groups in total. The van der Waals surface area contributed by atoms with Crippen LogP contribution in [0.1, 0.15) is 19.8 Å². The molecule has 1 atom stereocenters. The van der Waals surface area contributed by atoms with Crippen molar-refractivity contribution in [2.45, 2.75) is 19.8 Å². The van der Waals surface area contributed by atoms with Gasteiger partial charge in [-0.05, 0) is 5.92 Å². The van der Waals surface area contributed by atoms with Crippen molar-refractivity contribution >= 4 is 11.8 Å². The van der Waals surface area contributed by atoms with E-state index in [1.54, 1.807) is 6.92 Å². The number of Topliss-reactive ketones (excluding diaryl/α,β-unsaturated/α-hetero) is 1. The number of carboxylic acid groups (broad SMARTS) is 1. The number of aliphatic hydroxyl groups is 3. The third kappa shape index (κ3) is 3.88. The molecule has 0 radical (unpaired) electrons. The molecule has 0 aromatic rings. The van der Waals surface area contributed by atoms with Crippen LogP contribution in [0.15, 0.2) is 0 Å². The number of carbonyl (C=O) groups is 2. The molecule has 0 fully saturated rings. The van der Waals surface area contributed by atoms with Gasteiger partial charge in [-0.3, -0.25) is 9.59 Å². The van der Waals surface area contributed by atoms with Crippen molar-refractivity contribution < 1.29 is 30.0 Å². The van der Waals surface area contributed by atoms with Gasteiger partial charge in [0.25, 0.3) is 0 Å². The van der Waals surface area contributed by atoms with Crippen molar-refractivity contribution in [3.63, 3.8) is 0 Å². The predicted octanol–water partition coefficient (Wildman–Crippen LogP) is -0.980. The molecule has 0 spiro atoms. The number of aliphatic carboxylic acids is 1. The fourth-order valence-corrected chi connectivity index (χ4v) is 1.47. The maximum atomic E-state index is 11.3. The molecular weight excluding hydrogens is 216 g/mol. The van der Waals surface area contributed by atoms with Crippen molar-refractivity contribution in [1.82, 2.24) is 0 Å². The Kier molecular flexibility index (Phi) is 6.17. The molecule has 0 bridgehead atoms. The van der Waals surface area contributed by atoms with E-state index in [9.17, 15) is 19.8 Å². The number of hydrogen-bond donors (Lipinski definition) is 4. The summed E-state index contributed by atoms with van der Waals surface area (Å²) in [5.41, 5.74) is -1.15. The van der Waals surface area contributed by atoms with E-state index in [1.165, 1.54) is 0 Å². The molecule has 0 amide bonds. The van der Waals surface area contributed by atoms with Crippen molar-refractivity contribution in [1.29, 1.82) is 0 Å². The lowest BCUT2D eigenvalue weighted by Gasteiger charge is -2.34. The zero-order valence-electron chi connectivity index (χ0n) is 9.22. The minimum atomic E-state index is -1.24. The van der Waals surface area contributed by atoms with E-state index in [1.807, 2.05) is 0 Å². The van der Waals surface area contributed by atoms with E-state index in [2.05, 4.69) is 0 Å². The van der Waals surface area contributed by atoms with Crippen molar-refractivity contribution in [2.24, 2.45) is 11.3 Å². The molecule has 0 heterocycles. The molecule has 0 aliphatic carbocycles. The summed E-state index contributed by atoms with van der Waals surface area (Å²) < 4.78 is 0. The maximum Gasteiger partial charge on any atom is 0.310 e. The predicted molar refractivity (Wildman–Crippen MR) is 54.7 cm³/mol. The summed E-state index contributed by atoms with van der Waals surface area (Å²) in [5.74, 6) is -2.30. The van der Waals surface area contributed by atoms with Gasteiger partial charge in [0.15, 0.2) is 0 Å². The molecule has 16 heavy (non-hydrogen) atoms. The second-order valence-corrected chi connectivity index (χ2v) is 4.05. The molecule has 6 nitrogen and oxygen atoms in total. The van der Waals surface area contributed by atoms with Gasteiger partial charge < -0.3 is 20.4 Å². The summed E-state index contributed by atoms with van der Waals surface area (Å²) in [6.07, 6.45) is -0.895. The second kappa shape index (κ2) is 6.57. The van der Waals surface area contributed by atoms with Crippen LogP contribution >= 0.6 is 0 Å². The van der Waals surface area contributed by atoms with Gasteiger partial charge in [-0.15, -0.1) is 0 Å². The van der Waals surface area contributed by atoms with E-state index in [0.29, 0.717) is 0 Å². The Morgan fingerprint density at radius 2 is 1.69 bits per heavy atom. The maximum absolute atomic E-state index is 11.3. The molecule has 0 aliphatic rings. The molecule has 0 rings (SSSR count). The molecule has 0 saturated heterocycles. The SMILES string of the molecule is CC(CO)C(CO)(CO)CC(=O)CC(=O)O. The second-order valence-electron chi connectivity index (χ2n) is 4.05. The average Bonchev–Trinajstić information content (AvgIpc) is 2.23. The van der Waals surface area contributed by atoms with Crippen LogP contribution in [0.2, 0.25) is 0 Å². The number of carbonyl (C=O) groups excluding carboxylic acids is 1. The molecule has 94 valence electrons. The Morgan fingerprint density at radius 1 is 1.19 bits per heavy atom. The summed E-state index contributed by atoms with van der Waals surface area (Å²) in [6.45, 7) is 0.342. The van der Waals surface area contributed by atoms with Gasteiger partial charge in [0.1, 0.15) is 12.2 Å². The van der Waals surface area contributed by atoms with Crippen LogP contribution in [0, 0.1) is 11.3 Å². The van der Waals surface area contributed by atoms with Crippen molar-refractivity contribution in [3.8, 4) is 0 Å². The zero-order chi connectivity index (χ0) is 12.8. The highest BCUT2D eigenvalue weighted by molar-refractivity contribution is 5.95. The topological polar surface area (TPSA) is 115 Å². The first-order valence-electron chi connectivity index (χ1n) is 4.98. The van der Waals surface area contributed by atoms with E-state index in [4.69, 9.17) is 10.2 Å². The number of hydrogen-bond acceptors (Lipinski definition) is 5. The van der Waals surface area contributed by atoms with Crippen LogP contribution in [0.3, 0.4) is 0 Å². The standard InChI is InChI=1S/C10H18O6/c1-7(4-11)10(5-12,6-13)3-8(14)2-9(15)16/h7,11-13H,2-6H2,1H3,(H,15,16). The van der Waals surface area contributed by atoms with E-state index in [-0.39, 0.29) is 13.0 Å².